The molecule has 6 nitrogen and oxygen atoms in total. The van der Waals surface area contributed by atoms with Crippen LogP contribution in [0.5, 0.6) is 5.75 Å². The fourth-order valence-electron chi connectivity index (χ4n) is 2.65. The van der Waals surface area contributed by atoms with Crippen molar-refractivity contribution < 1.29 is 17.9 Å². The van der Waals surface area contributed by atoms with Crippen LogP contribution in [0.4, 0.5) is 5.69 Å². The van der Waals surface area contributed by atoms with Gasteiger partial charge in [-0.2, -0.15) is 4.31 Å². The Balaban J connectivity index is 1.54. The first-order valence-corrected chi connectivity index (χ1v) is 10.9. The minimum Gasteiger partial charge on any atom is -0.489 e. The number of nitrogens with one attached hydrogen (secondary N) is 1. The molecule has 30 heavy (non-hydrogen) atoms. The molecule has 0 saturated carbocycles. The lowest BCUT2D eigenvalue weighted by Crippen LogP contribution is -2.34. The van der Waals surface area contributed by atoms with E-state index in [4.69, 9.17) is 16.3 Å². The first kappa shape index (κ1) is 21.8. The number of rotatable bonds is 8. The molecule has 0 radical (unpaired) electrons. The summed E-state index contributed by atoms with van der Waals surface area (Å²) in [4.78, 5) is 12.4. The van der Waals surface area contributed by atoms with Crippen molar-refractivity contribution in [2.45, 2.75) is 11.5 Å². The van der Waals surface area contributed by atoms with Crippen LogP contribution in [0, 0.1) is 0 Å². The van der Waals surface area contributed by atoms with E-state index >= 15 is 0 Å². The predicted molar refractivity (Wildman–Crippen MR) is 117 cm³/mol. The summed E-state index contributed by atoms with van der Waals surface area (Å²) >= 11 is 5.80. The van der Waals surface area contributed by atoms with Gasteiger partial charge in [-0.05, 0) is 54.1 Å². The largest absolute Gasteiger partial charge is 0.489 e. The third kappa shape index (κ3) is 5.82. The molecule has 0 bridgehead atoms. The Labute approximate surface area is 181 Å². The second-order valence-electron chi connectivity index (χ2n) is 6.56. The zero-order valence-electron chi connectivity index (χ0n) is 16.3. The summed E-state index contributed by atoms with van der Waals surface area (Å²) in [5.74, 6) is 0.215. The molecule has 1 amide bonds. The molecule has 3 rings (SSSR count). The molecule has 0 atom stereocenters. The number of likely N-dealkylation sites (N-methyl/N-ethyl adjacent to an activating group) is 1. The van der Waals surface area contributed by atoms with E-state index in [0.29, 0.717) is 23.1 Å². The molecular weight excluding hydrogens is 424 g/mol. The number of anilines is 1. The van der Waals surface area contributed by atoms with Gasteiger partial charge in [-0.25, -0.2) is 8.42 Å². The highest BCUT2D eigenvalue weighted by atomic mass is 35.5. The first-order chi connectivity index (χ1) is 14.3. The Kier molecular flexibility index (Phi) is 7.10. The molecule has 0 saturated heterocycles. The van der Waals surface area contributed by atoms with E-state index in [0.717, 1.165) is 9.87 Å². The van der Waals surface area contributed by atoms with Gasteiger partial charge in [-0.15, -0.1) is 0 Å². The van der Waals surface area contributed by atoms with Gasteiger partial charge in [0.25, 0.3) is 0 Å². The number of nitrogens with zero attached hydrogens (tertiary/aromatic N) is 1. The maximum absolute atomic E-state index is 12.6. The normalized spacial score (nSPS) is 11.3. The number of hydrogen-bond donors (Lipinski definition) is 1. The van der Waals surface area contributed by atoms with Crippen LogP contribution in [-0.4, -0.2) is 32.2 Å². The van der Waals surface area contributed by atoms with Crippen LogP contribution >= 0.6 is 11.6 Å². The van der Waals surface area contributed by atoms with E-state index in [1.54, 1.807) is 24.3 Å². The molecule has 0 fully saturated rings. The van der Waals surface area contributed by atoms with Crippen molar-refractivity contribution in [1.82, 2.24) is 4.31 Å². The van der Waals surface area contributed by atoms with Gasteiger partial charge in [-0.1, -0.05) is 41.9 Å². The molecule has 0 aromatic heterocycles. The van der Waals surface area contributed by atoms with Crippen LogP contribution in [0.15, 0.2) is 83.8 Å². The molecule has 1 N–H and O–H groups in total. The van der Waals surface area contributed by atoms with Gasteiger partial charge in [0.1, 0.15) is 12.4 Å². The number of carbonyl (C=O) groups is 1. The molecule has 0 spiro atoms. The van der Waals surface area contributed by atoms with Gasteiger partial charge >= 0.3 is 0 Å². The van der Waals surface area contributed by atoms with Gasteiger partial charge in [0.15, 0.2) is 0 Å². The Morgan fingerprint density at radius 1 is 0.967 bits per heavy atom. The van der Waals surface area contributed by atoms with Crippen molar-refractivity contribution in [3.05, 3.63) is 89.4 Å². The second-order valence-corrected chi connectivity index (χ2v) is 9.04. The number of hydrogen-bond acceptors (Lipinski definition) is 4. The van der Waals surface area contributed by atoms with Crippen molar-refractivity contribution in [2.24, 2.45) is 0 Å². The average molecular weight is 445 g/mol. The van der Waals surface area contributed by atoms with Crippen LogP contribution in [0.3, 0.4) is 0 Å². The van der Waals surface area contributed by atoms with Gasteiger partial charge in [0.05, 0.1) is 11.4 Å². The molecule has 156 valence electrons. The molecule has 0 heterocycles. The predicted octanol–water partition coefficient (Wildman–Crippen LogP) is 4.18. The topological polar surface area (TPSA) is 75.7 Å². The molecule has 0 unspecified atom stereocenters. The summed E-state index contributed by atoms with van der Waals surface area (Å²) in [5, 5.41) is 3.12. The highest BCUT2D eigenvalue weighted by Crippen LogP contribution is 2.19. The van der Waals surface area contributed by atoms with E-state index in [9.17, 15) is 13.2 Å². The third-order valence-corrected chi connectivity index (χ3v) is 6.34. The smallest absolute Gasteiger partial charge is 0.243 e. The molecular formula is C22H21ClN2O4S. The average Bonchev–Trinajstić information content (AvgIpc) is 2.74. The SMILES string of the molecule is CN(CC(=O)Nc1ccc(OCc2ccccc2)cc1)S(=O)(=O)c1ccc(Cl)cc1. The van der Waals surface area contributed by atoms with Crippen molar-refractivity contribution in [1.29, 1.82) is 0 Å². The number of benzene rings is 3. The van der Waals surface area contributed by atoms with E-state index in [2.05, 4.69) is 5.32 Å². The van der Waals surface area contributed by atoms with Crippen molar-refractivity contribution >= 4 is 33.2 Å². The molecule has 8 heteroatoms. The fourth-order valence-corrected chi connectivity index (χ4v) is 3.90. The summed E-state index contributed by atoms with van der Waals surface area (Å²) < 4.78 is 31.8. The number of sulfonamides is 1. The molecule has 0 aliphatic heterocycles. The molecule has 0 aliphatic rings. The molecule has 3 aromatic carbocycles. The van der Waals surface area contributed by atoms with Gasteiger partial charge < -0.3 is 10.1 Å². The van der Waals surface area contributed by atoms with Crippen LogP contribution in [0.1, 0.15) is 5.56 Å². The monoisotopic (exact) mass is 444 g/mol. The lowest BCUT2D eigenvalue weighted by Gasteiger charge is -2.17. The zero-order chi connectivity index (χ0) is 21.6. The Morgan fingerprint density at radius 3 is 2.23 bits per heavy atom. The maximum atomic E-state index is 12.6. The van der Waals surface area contributed by atoms with Gasteiger partial charge in [-0.3, -0.25) is 4.79 Å². The Bertz CT molecular complexity index is 1090. The number of ether oxygens (including phenoxy) is 1. The minimum atomic E-state index is -3.79. The van der Waals surface area contributed by atoms with Crippen LogP contribution in [0.2, 0.25) is 5.02 Å². The summed E-state index contributed by atoms with van der Waals surface area (Å²) in [5.41, 5.74) is 1.60. The summed E-state index contributed by atoms with van der Waals surface area (Å²) in [6.45, 7) is 0.122. The number of amides is 1. The zero-order valence-corrected chi connectivity index (χ0v) is 17.9. The Morgan fingerprint density at radius 2 is 1.60 bits per heavy atom. The minimum absolute atomic E-state index is 0.0714. The number of carbonyl (C=O) groups excluding carboxylic acids is 1. The van der Waals surface area contributed by atoms with Crippen molar-refractivity contribution in [3.8, 4) is 5.75 Å². The summed E-state index contributed by atoms with van der Waals surface area (Å²) in [6, 6.07) is 22.5. The molecule has 0 aliphatic carbocycles. The summed E-state index contributed by atoms with van der Waals surface area (Å²) in [7, 11) is -2.44. The van der Waals surface area contributed by atoms with Crippen molar-refractivity contribution in [3.63, 3.8) is 0 Å². The number of halogens is 1. The van der Waals surface area contributed by atoms with Gasteiger partial charge in [0, 0.05) is 17.8 Å². The van der Waals surface area contributed by atoms with Crippen LogP contribution in [-0.2, 0) is 21.4 Å². The maximum Gasteiger partial charge on any atom is 0.243 e. The quantitative estimate of drug-likeness (QED) is 0.565. The fraction of sp³-hybridized carbons (Fsp3) is 0.136. The third-order valence-electron chi connectivity index (χ3n) is 4.27. The first-order valence-electron chi connectivity index (χ1n) is 9.13. The van der Waals surface area contributed by atoms with E-state index in [-0.39, 0.29) is 11.4 Å². The standard InChI is InChI=1S/C22H21ClN2O4S/c1-25(30(27,28)21-13-7-18(23)8-14-21)15-22(26)24-19-9-11-20(12-10-19)29-16-17-5-3-2-4-6-17/h2-14H,15-16H2,1H3,(H,24,26). The highest BCUT2D eigenvalue weighted by Gasteiger charge is 2.22. The van der Waals surface area contributed by atoms with Crippen LogP contribution in [0.25, 0.3) is 0 Å². The molecule has 3 aromatic rings. The van der Waals surface area contributed by atoms with E-state index in [1.807, 2.05) is 30.3 Å². The highest BCUT2D eigenvalue weighted by molar-refractivity contribution is 7.89. The van der Waals surface area contributed by atoms with Gasteiger partial charge in [0.2, 0.25) is 15.9 Å². The lowest BCUT2D eigenvalue weighted by atomic mass is 10.2. The Hall–Kier alpha value is -2.87. The van der Waals surface area contributed by atoms with E-state index in [1.165, 1.54) is 31.3 Å². The van der Waals surface area contributed by atoms with Crippen LogP contribution < -0.4 is 10.1 Å². The van der Waals surface area contributed by atoms with Crippen molar-refractivity contribution in [2.75, 3.05) is 18.9 Å². The van der Waals surface area contributed by atoms with E-state index < -0.39 is 15.9 Å². The second kappa shape index (κ2) is 9.75. The lowest BCUT2D eigenvalue weighted by molar-refractivity contribution is -0.116. The summed E-state index contributed by atoms with van der Waals surface area (Å²) in [6.07, 6.45) is 0.